The van der Waals surface area contributed by atoms with Crippen molar-refractivity contribution in [2.45, 2.75) is 19.3 Å². The molecule has 0 radical (unpaired) electrons. The number of hydrogen-bond acceptors (Lipinski definition) is 5. The third-order valence-corrected chi connectivity index (χ3v) is 4.77. The zero-order valence-corrected chi connectivity index (χ0v) is 13.3. The van der Waals surface area contributed by atoms with Crippen molar-refractivity contribution in [2.75, 3.05) is 5.32 Å². The van der Waals surface area contributed by atoms with Crippen LogP contribution in [-0.4, -0.2) is 27.2 Å². The SMILES string of the molecule is O=C(O)C1(C(=O)Nc2nnc(Cc3ccccc3F)s2)CC=CC1. The van der Waals surface area contributed by atoms with Gasteiger partial charge in [-0.3, -0.25) is 14.9 Å². The van der Waals surface area contributed by atoms with Gasteiger partial charge in [0, 0.05) is 6.42 Å². The Balaban J connectivity index is 1.71. The summed E-state index contributed by atoms with van der Waals surface area (Å²) in [6.07, 6.45) is 3.91. The monoisotopic (exact) mass is 347 g/mol. The van der Waals surface area contributed by atoms with Crippen molar-refractivity contribution in [1.82, 2.24) is 10.2 Å². The predicted molar refractivity (Wildman–Crippen MR) is 86.2 cm³/mol. The molecule has 1 heterocycles. The molecule has 0 bridgehead atoms. The number of carboxylic acids is 1. The number of nitrogens with one attached hydrogen (secondary N) is 1. The second kappa shape index (κ2) is 6.48. The van der Waals surface area contributed by atoms with Gasteiger partial charge < -0.3 is 5.11 Å². The Bertz CT molecular complexity index is 810. The lowest BCUT2D eigenvalue weighted by atomic mass is 9.84. The van der Waals surface area contributed by atoms with Crippen molar-refractivity contribution in [3.63, 3.8) is 0 Å². The number of benzene rings is 1. The number of carbonyl (C=O) groups excluding carboxylic acids is 1. The van der Waals surface area contributed by atoms with E-state index >= 15 is 0 Å². The van der Waals surface area contributed by atoms with Crippen LogP contribution in [0.25, 0.3) is 0 Å². The number of halogens is 1. The first-order valence-corrected chi connectivity index (χ1v) is 8.08. The van der Waals surface area contributed by atoms with Gasteiger partial charge in [0.05, 0.1) is 0 Å². The van der Waals surface area contributed by atoms with Crippen molar-refractivity contribution in [3.8, 4) is 0 Å². The summed E-state index contributed by atoms with van der Waals surface area (Å²) >= 11 is 1.10. The number of hydrogen-bond donors (Lipinski definition) is 2. The average Bonchev–Trinajstić information content (AvgIpc) is 3.20. The number of carbonyl (C=O) groups is 2. The van der Waals surface area contributed by atoms with Crippen LogP contribution in [0.2, 0.25) is 0 Å². The predicted octanol–water partition coefficient (Wildman–Crippen LogP) is 2.63. The lowest BCUT2D eigenvalue weighted by Crippen LogP contribution is -2.41. The molecule has 0 unspecified atom stereocenters. The third-order valence-electron chi connectivity index (χ3n) is 3.93. The van der Waals surface area contributed by atoms with E-state index in [1.54, 1.807) is 30.4 Å². The van der Waals surface area contributed by atoms with Crippen LogP contribution in [-0.2, 0) is 16.0 Å². The minimum Gasteiger partial charge on any atom is -0.480 e. The maximum Gasteiger partial charge on any atom is 0.319 e. The van der Waals surface area contributed by atoms with E-state index in [4.69, 9.17) is 0 Å². The van der Waals surface area contributed by atoms with Gasteiger partial charge in [0.2, 0.25) is 11.0 Å². The van der Waals surface area contributed by atoms with Crippen LogP contribution < -0.4 is 5.32 Å². The number of anilines is 1. The molecule has 0 fully saturated rings. The number of aliphatic carboxylic acids is 1. The first kappa shape index (κ1) is 16.3. The van der Waals surface area contributed by atoms with Gasteiger partial charge in [-0.2, -0.15) is 0 Å². The molecular weight excluding hydrogens is 333 g/mol. The van der Waals surface area contributed by atoms with E-state index in [-0.39, 0.29) is 30.2 Å². The summed E-state index contributed by atoms with van der Waals surface area (Å²) in [6, 6.07) is 6.35. The standard InChI is InChI=1S/C16H14FN3O3S/c17-11-6-2-1-5-10(11)9-12-19-20-15(24-12)18-13(21)16(14(22)23)7-3-4-8-16/h1-6H,7-9H2,(H,22,23)(H,18,20,21). The van der Waals surface area contributed by atoms with Crippen LogP contribution in [0.4, 0.5) is 9.52 Å². The van der Waals surface area contributed by atoms with Crippen LogP contribution in [0.15, 0.2) is 36.4 Å². The van der Waals surface area contributed by atoms with Crippen LogP contribution >= 0.6 is 11.3 Å². The Hall–Kier alpha value is -2.61. The number of amides is 1. The minimum absolute atomic E-state index is 0.148. The molecule has 1 amide bonds. The van der Waals surface area contributed by atoms with Crippen LogP contribution in [0.3, 0.4) is 0 Å². The fourth-order valence-electron chi connectivity index (χ4n) is 2.51. The van der Waals surface area contributed by atoms with E-state index in [0.717, 1.165) is 11.3 Å². The topological polar surface area (TPSA) is 92.2 Å². The quantitative estimate of drug-likeness (QED) is 0.641. The maximum atomic E-state index is 13.7. The lowest BCUT2D eigenvalue weighted by Gasteiger charge is -2.21. The molecular formula is C16H14FN3O3S. The number of carboxylic acid groups (broad SMARTS) is 1. The number of allylic oxidation sites excluding steroid dienone is 2. The fourth-order valence-corrected chi connectivity index (χ4v) is 3.26. The summed E-state index contributed by atoms with van der Waals surface area (Å²) in [5.41, 5.74) is -1.01. The molecule has 0 spiro atoms. The second-order valence-electron chi connectivity index (χ2n) is 5.49. The van der Waals surface area contributed by atoms with Crippen LogP contribution in [0.5, 0.6) is 0 Å². The molecule has 24 heavy (non-hydrogen) atoms. The Kier molecular flexibility index (Phi) is 4.39. The Labute approximate surface area is 141 Å². The molecule has 0 atom stereocenters. The smallest absolute Gasteiger partial charge is 0.319 e. The van der Waals surface area contributed by atoms with E-state index in [1.165, 1.54) is 6.07 Å². The van der Waals surface area contributed by atoms with E-state index in [9.17, 15) is 19.1 Å². The minimum atomic E-state index is -1.49. The second-order valence-corrected chi connectivity index (χ2v) is 6.55. The van der Waals surface area contributed by atoms with Crippen molar-refractivity contribution >= 4 is 28.3 Å². The molecule has 1 aromatic heterocycles. The van der Waals surface area contributed by atoms with Crippen LogP contribution in [0.1, 0.15) is 23.4 Å². The molecule has 3 rings (SSSR count). The third kappa shape index (κ3) is 3.05. The van der Waals surface area contributed by atoms with E-state index in [2.05, 4.69) is 15.5 Å². The highest BCUT2D eigenvalue weighted by Crippen LogP contribution is 2.35. The van der Waals surface area contributed by atoms with Gasteiger partial charge in [-0.05, 0) is 24.5 Å². The van der Waals surface area contributed by atoms with Gasteiger partial charge in [0.1, 0.15) is 10.8 Å². The molecule has 2 N–H and O–H groups in total. The summed E-state index contributed by atoms with van der Waals surface area (Å²) in [4.78, 5) is 23.8. The lowest BCUT2D eigenvalue weighted by molar-refractivity contribution is -0.153. The molecule has 1 aromatic carbocycles. The van der Waals surface area contributed by atoms with Crippen molar-refractivity contribution in [1.29, 1.82) is 0 Å². The largest absolute Gasteiger partial charge is 0.480 e. The summed E-state index contributed by atoms with van der Waals surface area (Å²) in [5.74, 6) is -2.12. The Morgan fingerprint density at radius 2 is 1.96 bits per heavy atom. The average molecular weight is 347 g/mol. The normalized spacial score (nSPS) is 15.4. The van der Waals surface area contributed by atoms with Crippen molar-refractivity contribution < 1.29 is 19.1 Å². The molecule has 8 heteroatoms. The highest BCUT2D eigenvalue weighted by molar-refractivity contribution is 7.15. The Morgan fingerprint density at radius 3 is 2.62 bits per heavy atom. The Morgan fingerprint density at radius 1 is 1.25 bits per heavy atom. The summed E-state index contributed by atoms with van der Waals surface area (Å²) < 4.78 is 13.7. The van der Waals surface area contributed by atoms with Gasteiger partial charge in [-0.15, -0.1) is 10.2 Å². The summed E-state index contributed by atoms with van der Waals surface area (Å²) in [7, 11) is 0. The molecule has 6 nitrogen and oxygen atoms in total. The first-order chi connectivity index (χ1) is 11.5. The van der Waals surface area contributed by atoms with Gasteiger partial charge in [0.15, 0.2) is 5.41 Å². The number of aromatic nitrogens is 2. The highest BCUT2D eigenvalue weighted by Gasteiger charge is 2.46. The molecule has 1 aliphatic rings. The molecule has 1 aliphatic carbocycles. The molecule has 124 valence electrons. The molecule has 2 aromatic rings. The first-order valence-electron chi connectivity index (χ1n) is 7.27. The van der Waals surface area contributed by atoms with E-state index in [0.29, 0.717) is 10.6 Å². The molecule has 0 saturated heterocycles. The fraction of sp³-hybridized carbons (Fsp3) is 0.250. The molecule has 0 saturated carbocycles. The number of rotatable bonds is 5. The van der Waals surface area contributed by atoms with Crippen molar-refractivity contribution in [3.05, 3.63) is 52.8 Å². The van der Waals surface area contributed by atoms with Gasteiger partial charge >= 0.3 is 5.97 Å². The van der Waals surface area contributed by atoms with Gasteiger partial charge in [-0.25, -0.2) is 4.39 Å². The summed E-state index contributed by atoms with van der Waals surface area (Å²) in [6.45, 7) is 0. The molecule has 0 aliphatic heterocycles. The van der Waals surface area contributed by atoms with Gasteiger partial charge in [0.25, 0.3) is 0 Å². The highest BCUT2D eigenvalue weighted by atomic mass is 32.1. The maximum absolute atomic E-state index is 13.7. The van der Waals surface area contributed by atoms with E-state index < -0.39 is 17.3 Å². The van der Waals surface area contributed by atoms with E-state index in [1.807, 2.05) is 0 Å². The summed E-state index contributed by atoms with van der Waals surface area (Å²) in [5, 5.41) is 20.4. The van der Waals surface area contributed by atoms with Crippen molar-refractivity contribution in [2.24, 2.45) is 5.41 Å². The van der Waals surface area contributed by atoms with Crippen LogP contribution in [0, 0.1) is 11.2 Å². The van der Waals surface area contributed by atoms with Gasteiger partial charge in [-0.1, -0.05) is 41.7 Å². The zero-order valence-electron chi connectivity index (χ0n) is 12.5. The number of nitrogens with zero attached hydrogens (tertiary/aromatic N) is 2. The zero-order chi connectivity index (χ0) is 17.2.